The zero-order chi connectivity index (χ0) is 13.1. The summed E-state index contributed by atoms with van der Waals surface area (Å²) in [6.45, 7) is 1.97. The molecule has 0 saturated heterocycles. The monoisotopic (exact) mass is 281 g/mol. The van der Waals surface area contributed by atoms with Crippen LogP contribution in [0.3, 0.4) is 0 Å². The Morgan fingerprint density at radius 2 is 2.06 bits per heavy atom. The van der Waals surface area contributed by atoms with Gasteiger partial charge in [-0.05, 0) is 36.8 Å². The Hall–Kier alpha value is -1.09. The number of hydrogen-bond donors (Lipinski definition) is 1. The molecule has 0 aliphatic heterocycles. The lowest BCUT2D eigenvalue weighted by Crippen LogP contribution is -2.05. The molecule has 4 heteroatoms. The molecule has 0 spiro atoms. The second-order valence-electron chi connectivity index (χ2n) is 4.15. The van der Waals surface area contributed by atoms with Gasteiger partial charge in [0.05, 0.1) is 6.10 Å². The average Bonchev–Trinajstić information content (AvgIpc) is 2.35. The van der Waals surface area contributed by atoms with Crippen LogP contribution in [0.25, 0.3) is 0 Å². The minimum atomic E-state index is -0.704. The molecule has 1 N–H and O–H groups in total. The van der Waals surface area contributed by atoms with Crippen molar-refractivity contribution in [3.8, 4) is 0 Å². The quantitative estimate of drug-likeness (QED) is 0.923. The molecule has 0 amide bonds. The standard InChI is InChI=1S/C14H13Cl2NO/c1-9-3-2-6-17-13(9)8-14(18)11-7-10(15)4-5-12(11)16/h2-7,14,18H,8H2,1H3. The van der Waals surface area contributed by atoms with Crippen LogP contribution >= 0.6 is 23.2 Å². The molecule has 1 heterocycles. The molecule has 0 aliphatic carbocycles. The van der Waals surface area contributed by atoms with Crippen molar-refractivity contribution in [3.63, 3.8) is 0 Å². The number of pyridine rings is 1. The lowest BCUT2D eigenvalue weighted by Gasteiger charge is -2.13. The van der Waals surface area contributed by atoms with Crippen LogP contribution in [0.1, 0.15) is 22.9 Å². The first kappa shape index (κ1) is 13.3. The van der Waals surface area contributed by atoms with Crippen molar-refractivity contribution in [1.82, 2.24) is 4.98 Å². The fourth-order valence-electron chi connectivity index (χ4n) is 1.80. The molecular weight excluding hydrogens is 269 g/mol. The van der Waals surface area contributed by atoms with E-state index in [0.29, 0.717) is 22.0 Å². The van der Waals surface area contributed by atoms with Gasteiger partial charge in [0.2, 0.25) is 0 Å². The number of nitrogens with zero attached hydrogens (tertiary/aromatic N) is 1. The molecule has 2 nitrogen and oxygen atoms in total. The van der Waals surface area contributed by atoms with Crippen molar-refractivity contribution in [3.05, 3.63) is 63.4 Å². The number of benzene rings is 1. The van der Waals surface area contributed by atoms with Gasteiger partial charge in [-0.2, -0.15) is 0 Å². The number of aryl methyl sites for hydroxylation is 1. The predicted octanol–water partition coefficient (Wildman–Crippen LogP) is 3.97. The molecular formula is C14H13Cl2NO. The van der Waals surface area contributed by atoms with E-state index in [9.17, 15) is 5.11 Å². The lowest BCUT2D eigenvalue weighted by molar-refractivity contribution is 0.177. The van der Waals surface area contributed by atoms with Crippen molar-refractivity contribution >= 4 is 23.2 Å². The molecule has 18 heavy (non-hydrogen) atoms. The van der Waals surface area contributed by atoms with Gasteiger partial charge in [0.25, 0.3) is 0 Å². The summed E-state index contributed by atoms with van der Waals surface area (Å²) < 4.78 is 0. The van der Waals surface area contributed by atoms with Crippen molar-refractivity contribution < 1.29 is 5.11 Å². The maximum absolute atomic E-state index is 10.2. The van der Waals surface area contributed by atoms with E-state index in [0.717, 1.165) is 11.3 Å². The van der Waals surface area contributed by atoms with Crippen LogP contribution < -0.4 is 0 Å². The van der Waals surface area contributed by atoms with E-state index in [1.807, 2.05) is 19.1 Å². The maximum atomic E-state index is 10.2. The number of hydrogen-bond acceptors (Lipinski definition) is 2. The zero-order valence-electron chi connectivity index (χ0n) is 9.90. The maximum Gasteiger partial charge on any atom is 0.0860 e. The van der Waals surface area contributed by atoms with Crippen LogP contribution in [0, 0.1) is 6.92 Å². The highest BCUT2D eigenvalue weighted by atomic mass is 35.5. The third-order valence-corrected chi connectivity index (χ3v) is 3.40. The van der Waals surface area contributed by atoms with Crippen LogP contribution in [0.2, 0.25) is 10.0 Å². The van der Waals surface area contributed by atoms with E-state index in [2.05, 4.69) is 4.98 Å². The molecule has 0 aliphatic rings. The van der Waals surface area contributed by atoms with E-state index in [1.165, 1.54) is 0 Å². The van der Waals surface area contributed by atoms with Gasteiger partial charge in [-0.1, -0.05) is 29.3 Å². The number of aliphatic hydroxyl groups excluding tert-OH is 1. The Kier molecular flexibility index (Phi) is 4.23. The van der Waals surface area contributed by atoms with Crippen LogP contribution in [0.4, 0.5) is 0 Å². The first-order valence-electron chi connectivity index (χ1n) is 5.61. The summed E-state index contributed by atoms with van der Waals surface area (Å²) in [5.74, 6) is 0. The third-order valence-electron chi connectivity index (χ3n) is 2.82. The molecule has 1 atom stereocenters. The van der Waals surface area contributed by atoms with E-state index in [1.54, 1.807) is 24.4 Å². The summed E-state index contributed by atoms with van der Waals surface area (Å²) in [6, 6.07) is 8.92. The van der Waals surface area contributed by atoms with Crippen LogP contribution in [0.15, 0.2) is 36.5 Å². The normalized spacial score (nSPS) is 12.4. The highest BCUT2D eigenvalue weighted by Gasteiger charge is 2.14. The predicted molar refractivity (Wildman–Crippen MR) is 74.1 cm³/mol. The van der Waals surface area contributed by atoms with E-state index >= 15 is 0 Å². The van der Waals surface area contributed by atoms with Crippen LogP contribution in [-0.2, 0) is 6.42 Å². The fraction of sp³-hybridized carbons (Fsp3) is 0.214. The highest BCUT2D eigenvalue weighted by Crippen LogP contribution is 2.28. The van der Waals surface area contributed by atoms with Crippen LogP contribution in [0.5, 0.6) is 0 Å². The Labute approximate surface area is 116 Å². The van der Waals surface area contributed by atoms with Crippen molar-refractivity contribution in [2.24, 2.45) is 0 Å². The van der Waals surface area contributed by atoms with Crippen molar-refractivity contribution in [2.75, 3.05) is 0 Å². The minimum absolute atomic E-state index is 0.423. The van der Waals surface area contributed by atoms with Crippen molar-refractivity contribution in [1.29, 1.82) is 0 Å². The number of halogens is 2. The second kappa shape index (κ2) is 5.70. The lowest BCUT2D eigenvalue weighted by atomic mass is 10.0. The largest absolute Gasteiger partial charge is 0.388 e. The Bertz CT molecular complexity index is 557. The number of aliphatic hydroxyl groups is 1. The molecule has 0 fully saturated rings. The first-order valence-corrected chi connectivity index (χ1v) is 6.37. The van der Waals surface area contributed by atoms with Gasteiger partial charge in [0.1, 0.15) is 0 Å². The van der Waals surface area contributed by atoms with E-state index < -0.39 is 6.10 Å². The SMILES string of the molecule is Cc1cccnc1CC(O)c1cc(Cl)ccc1Cl. The summed E-state index contributed by atoms with van der Waals surface area (Å²) in [7, 11) is 0. The molecule has 1 aromatic carbocycles. The van der Waals surface area contributed by atoms with Gasteiger partial charge in [-0.3, -0.25) is 4.98 Å². The Balaban J connectivity index is 2.25. The third kappa shape index (κ3) is 3.02. The topological polar surface area (TPSA) is 33.1 Å². The summed E-state index contributed by atoms with van der Waals surface area (Å²) in [4.78, 5) is 4.26. The van der Waals surface area contributed by atoms with Gasteiger partial charge in [-0.25, -0.2) is 0 Å². The number of aromatic nitrogens is 1. The molecule has 0 bridgehead atoms. The highest BCUT2D eigenvalue weighted by molar-refractivity contribution is 6.33. The molecule has 1 aromatic heterocycles. The molecule has 0 radical (unpaired) electrons. The summed E-state index contributed by atoms with van der Waals surface area (Å²) in [5, 5.41) is 11.3. The Morgan fingerprint density at radius 3 is 2.78 bits per heavy atom. The van der Waals surface area contributed by atoms with Gasteiger partial charge in [0.15, 0.2) is 0 Å². The molecule has 2 rings (SSSR count). The van der Waals surface area contributed by atoms with E-state index in [4.69, 9.17) is 23.2 Å². The Morgan fingerprint density at radius 1 is 1.28 bits per heavy atom. The fourth-order valence-corrected chi connectivity index (χ4v) is 2.22. The molecule has 94 valence electrons. The average molecular weight is 282 g/mol. The summed E-state index contributed by atoms with van der Waals surface area (Å²) in [5.41, 5.74) is 2.55. The second-order valence-corrected chi connectivity index (χ2v) is 5.00. The smallest absolute Gasteiger partial charge is 0.0860 e. The summed E-state index contributed by atoms with van der Waals surface area (Å²) >= 11 is 12.0. The van der Waals surface area contributed by atoms with Crippen LogP contribution in [-0.4, -0.2) is 10.1 Å². The molecule has 0 saturated carbocycles. The van der Waals surface area contributed by atoms with Crippen molar-refractivity contribution in [2.45, 2.75) is 19.4 Å². The van der Waals surface area contributed by atoms with E-state index in [-0.39, 0.29) is 0 Å². The van der Waals surface area contributed by atoms with Gasteiger partial charge in [-0.15, -0.1) is 0 Å². The number of rotatable bonds is 3. The summed E-state index contributed by atoms with van der Waals surface area (Å²) in [6.07, 6.45) is 1.44. The zero-order valence-corrected chi connectivity index (χ0v) is 11.4. The molecule has 2 aromatic rings. The first-order chi connectivity index (χ1) is 8.58. The molecule has 1 unspecified atom stereocenters. The van der Waals surface area contributed by atoms with Gasteiger partial charge < -0.3 is 5.11 Å². The minimum Gasteiger partial charge on any atom is -0.388 e. The van der Waals surface area contributed by atoms with Gasteiger partial charge >= 0.3 is 0 Å². The van der Waals surface area contributed by atoms with Gasteiger partial charge in [0, 0.05) is 33.9 Å².